The Morgan fingerprint density at radius 2 is 1.67 bits per heavy atom. The van der Waals surface area contributed by atoms with Crippen LogP contribution in [0.5, 0.6) is 5.75 Å². The lowest BCUT2D eigenvalue weighted by Crippen LogP contribution is -1.81. The molecule has 2 nitrogen and oxygen atoms in total. The molecule has 2 rings (SSSR count). The van der Waals surface area contributed by atoms with E-state index >= 15 is 0 Å². The Balaban J connectivity index is 2.37. The molecule has 1 N–H and O–H groups in total. The standard InChI is InChI=1S/C15H10BrNO/c16-14-5-3-12(4-6-14)13(10-17)9-11-1-7-15(18)8-2-11/h1-9,18H/b13-9-. The molecule has 2 aromatic carbocycles. The molecule has 18 heavy (non-hydrogen) atoms. The van der Waals surface area contributed by atoms with E-state index in [1.165, 1.54) is 0 Å². The largest absolute Gasteiger partial charge is 0.508 e. The maximum Gasteiger partial charge on any atom is 0.115 e. The van der Waals surface area contributed by atoms with Crippen LogP contribution in [0.3, 0.4) is 0 Å². The molecule has 0 spiro atoms. The first-order valence-electron chi connectivity index (χ1n) is 5.36. The second-order valence-corrected chi connectivity index (χ2v) is 4.68. The molecule has 0 aliphatic rings. The highest BCUT2D eigenvalue weighted by Crippen LogP contribution is 2.21. The van der Waals surface area contributed by atoms with Crippen LogP contribution in [0.1, 0.15) is 11.1 Å². The van der Waals surface area contributed by atoms with Crippen LogP contribution in [-0.4, -0.2) is 5.11 Å². The van der Waals surface area contributed by atoms with Gasteiger partial charge in [0.05, 0.1) is 11.6 Å². The average Bonchev–Trinajstić information content (AvgIpc) is 2.39. The van der Waals surface area contributed by atoms with Gasteiger partial charge in [0.2, 0.25) is 0 Å². The molecular formula is C15H10BrNO. The van der Waals surface area contributed by atoms with Crippen LogP contribution in [0.15, 0.2) is 53.0 Å². The fraction of sp³-hybridized carbons (Fsp3) is 0. The summed E-state index contributed by atoms with van der Waals surface area (Å²) in [4.78, 5) is 0. The highest BCUT2D eigenvalue weighted by Gasteiger charge is 2.01. The molecule has 0 saturated carbocycles. The predicted octanol–water partition coefficient (Wildman–Crippen LogP) is 4.22. The third kappa shape index (κ3) is 2.99. The number of allylic oxidation sites excluding steroid dienone is 1. The van der Waals surface area contributed by atoms with E-state index in [-0.39, 0.29) is 5.75 Å². The Hall–Kier alpha value is -2.05. The van der Waals surface area contributed by atoms with E-state index in [9.17, 15) is 10.4 Å². The Bertz CT molecular complexity index is 606. The van der Waals surface area contributed by atoms with E-state index < -0.39 is 0 Å². The molecule has 0 unspecified atom stereocenters. The van der Waals surface area contributed by atoms with E-state index in [0.29, 0.717) is 5.57 Å². The summed E-state index contributed by atoms with van der Waals surface area (Å²) in [7, 11) is 0. The number of halogens is 1. The van der Waals surface area contributed by atoms with Gasteiger partial charge in [-0.1, -0.05) is 40.2 Å². The Kier molecular flexibility index (Phi) is 3.81. The van der Waals surface area contributed by atoms with Crippen LogP contribution < -0.4 is 0 Å². The van der Waals surface area contributed by atoms with Gasteiger partial charge in [0.15, 0.2) is 0 Å². The molecular weight excluding hydrogens is 290 g/mol. The molecule has 0 amide bonds. The number of aromatic hydroxyl groups is 1. The molecule has 0 atom stereocenters. The first kappa shape index (κ1) is 12.4. The van der Waals surface area contributed by atoms with Gasteiger partial charge in [0.1, 0.15) is 5.75 Å². The first-order chi connectivity index (χ1) is 8.69. The van der Waals surface area contributed by atoms with Crippen molar-refractivity contribution in [1.29, 1.82) is 5.26 Å². The molecule has 88 valence electrons. The minimum atomic E-state index is 0.217. The smallest absolute Gasteiger partial charge is 0.115 e. The molecule has 0 fully saturated rings. The Morgan fingerprint density at radius 1 is 1.06 bits per heavy atom. The summed E-state index contributed by atoms with van der Waals surface area (Å²) in [5, 5.41) is 18.4. The van der Waals surface area contributed by atoms with Gasteiger partial charge in [-0.2, -0.15) is 5.26 Å². The number of phenolic OH excluding ortho intramolecular Hbond substituents is 1. The maximum atomic E-state index is 9.20. The van der Waals surface area contributed by atoms with Gasteiger partial charge in [0, 0.05) is 4.47 Å². The van der Waals surface area contributed by atoms with Crippen molar-refractivity contribution in [2.24, 2.45) is 0 Å². The predicted molar refractivity (Wildman–Crippen MR) is 75.7 cm³/mol. The molecule has 0 aliphatic heterocycles. The van der Waals surface area contributed by atoms with Crippen LogP contribution in [0.2, 0.25) is 0 Å². The van der Waals surface area contributed by atoms with Crippen LogP contribution in [-0.2, 0) is 0 Å². The summed E-state index contributed by atoms with van der Waals surface area (Å²) in [6, 6.07) is 16.5. The van der Waals surface area contributed by atoms with Crippen LogP contribution in [0.25, 0.3) is 11.6 Å². The Labute approximate surface area is 114 Å². The molecule has 0 aliphatic carbocycles. The second kappa shape index (κ2) is 5.52. The summed E-state index contributed by atoms with van der Waals surface area (Å²) in [5.74, 6) is 0.217. The van der Waals surface area contributed by atoms with Crippen molar-refractivity contribution >= 4 is 27.6 Å². The van der Waals surface area contributed by atoms with Crippen molar-refractivity contribution in [3.63, 3.8) is 0 Å². The summed E-state index contributed by atoms with van der Waals surface area (Å²) < 4.78 is 0.980. The lowest BCUT2D eigenvalue weighted by Gasteiger charge is -2.00. The second-order valence-electron chi connectivity index (χ2n) is 3.77. The van der Waals surface area contributed by atoms with E-state index in [1.807, 2.05) is 24.3 Å². The average molecular weight is 300 g/mol. The number of benzene rings is 2. The minimum Gasteiger partial charge on any atom is -0.508 e. The van der Waals surface area contributed by atoms with Crippen molar-refractivity contribution in [2.75, 3.05) is 0 Å². The van der Waals surface area contributed by atoms with Gasteiger partial charge in [-0.15, -0.1) is 0 Å². The molecule has 0 bridgehead atoms. The molecule has 0 aromatic heterocycles. The zero-order valence-electron chi connectivity index (χ0n) is 9.47. The van der Waals surface area contributed by atoms with Gasteiger partial charge < -0.3 is 5.11 Å². The van der Waals surface area contributed by atoms with Crippen molar-refractivity contribution in [1.82, 2.24) is 0 Å². The number of rotatable bonds is 2. The van der Waals surface area contributed by atoms with Gasteiger partial charge in [-0.3, -0.25) is 0 Å². The zero-order chi connectivity index (χ0) is 13.0. The lowest BCUT2D eigenvalue weighted by atomic mass is 10.0. The Morgan fingerprint density at radius 3 is 2.22 bits per heavy atom. The number of hydrogen-bond acceptors (Lipinski definition) is 2. The van der Waals surface area contributed by atoms with Gasteiger partial charge in [-0.05, 0) is 41.5 Å². The van der Waals surface area contributed by atoms with Crippen LogP contribution in [0, 0.1) is 11.3 Å². The minimum absolute atomic E-state index is 0.217. The summed E-state index contributed by atoms with van der Waals surface area (Å²) in [6.45, 7) is 0. The third-order valence-electron chi connectivity index (χ3n) is 2.48. The van der Waals surface area contributed by atoms with Crippen molar-refractivity contribution < 1.29 is 5.11 Å². The summed E-state index contributed by atoms with van der Waals surface area (Å²) in [5.41, 5.74) is 2.34. The van der Waals surface area contributed by atoms with Crippen molar-refractivity contribution in [3.05, 3.63) is 64.1 Å². The molecule has 3 heteroatoms. The lowest BCUT2D eigenvalue weighted by molar-refractivity contribution is 0.475. The SMILES string of the molecule is N#C/C(=C/c1ccc(O)cc1)c1ccc(Br)cc1. The molecule has 2 aromatic rings. The fourth-order valence-electron chi connectivity index (χ4n) is 1.55. The topological polar surface area (TPSA) is 44.0 Å². The van der Waals surface area contributed by atoms with E-state index in [2.05, 4.69) is 22.0 Å². The van der Waals surface area contributed by atoms with Crippen molar-refractivity contribution in [2.45, 2.75) is 0 Å². The third-order valence-corrected chi connectivity index (χ3v) is 3.01. The van der Waals surface area contributed by atoms with Crippen molar-refractivity contribution in [3.8, 4) is 11.8 Å². The van der Waals surface area contributed by atoms with E-state index in [4.69, 9.17) is 0 Å². The summed E-state index contributed by atoms with van der Waals surface area (Å²) >= 11 is 3.36. The quantitative estimate of drug-likeness (QED) is 0.666. The number of phenols is 1. The maximum absolute atomic E-state index is 9.20. The van der Waals surface area contributed by atoms with Crippen LogP contribution >= 0.6 is 15.9 Å². The van der Waals surface area contributed by atoms with Gasteiger partial charge in [0.25, 0.3) is 0 Å². The summed E-state index contributed by atoms with van der Waals surface area (Å²) in [6.07, 6.45) is 1.79. The van der Waals surface area contributed by atoms with Gasteiger partial charge >= 0.3 is 0 Å². The van der Waals surface area contributed by atoms with Crippen LogP contribution in [0.4, 0.5) is 0 Å². The van der Waals surface area contributed by atoms with E-state index in [0.717, 1.165) is 15.6 Å². The molecule has 0 saturated heterocycles. The monoisotopic (exact) mass is 299 g/mol. The highest BCUT2D eigenvalue weighted by atomic mass is 79.9. The fourth-order valence-corrected chi connectivity index (χ4v) is 1.81. The first-order valence-corrected chi connectivity index (χ1v) is 6.15. The normalized spacial score (nSPS) is 11.0. The number of hydrogen-bond donors (Lipinski definition) is 1. The number of nitrogens with zero attached hydrogens (tertiary/aromatic N) is 1. The number of nitriles is 1. The van der Waals surface area contributed by atoms with Gasteiger partial charge in [-0.25, -0.2) is 0 Å². The zero-order valence-corrected chi connectivity index (χ0v) is 11.1. The molecule has 0 radical (unpaired) electrons. The molecule has 0 heterocycles. The van der Waals surface area contributed by atoms with E-state index in [1.54, 1.807) is 30.3 Å². The highest BCUT2D eigenvalue weighted by molar-refractivity contribution is 9.10.